The first-order valence-corrected chi connectivity index (χ1v) is 10.1. The Balaban J connectivity index is 4.53. The van der Waals surface area contributed by atoms with Crippen molar-refractivity contribution < 1.29 is 14.6 Å². The van der Waals surface area contributed by atoms with Gasteiger partial charge in [-0.1, -0.05) is 34.1 Å². The summed E-state index contributed by atoms with van der Waals surface area (Å²) in [6.07, 6.45) is 6.09. The second-order valence-corrected chi connectivity index (χ2v) is 7.22. The minimum absolute atomic E-state index is 0.165. The van der Waals surface area contributed by atoms with Crippen molar-refractivity contribution in [3.05, 3.63) is 0 Å². The second-order valence-electron chi connectivity index (χ2n) is 7.22. The van der Waals surface area contributed by atoms with E-state index in [9.17, 15) is 5.11 Å². The lowest BCUT2D eigenvalue weighted by atomic mass is 10.1. The lowest BCUT2D eigenvalue weighted by molar-refractivity contribution is -0.0529. The molecular weight excluding hydrogens is 302 g/mol. The average Bonchev–Trinajstić information content (AvgIpc) is 2.51. The normalized spacial score (nSPS) is 17.2. The smallest absolute Gasteiger partial charge is 0.0677 e. The highest BCUT2D eigenvalue weighted by atomic mass is 16.5. The van der Waals surface area contributed by atoms with Crippen LogP contribution in [0.25, 0.3) is 0 Å². The van der Waals surface area contributed by atoms with Gasteiger partial charge in [-0.15, -0.1) is 0 Å². The van der Waals surface area contributed by atoms with Crippen LogP contribution in [-0.4, -0.2) is 60.2 Å². The largest absolute Gasteiger partial charge is 0.392 e. The van der Waals surface area contributed by atoms with E-state index in [0.717, 1.165) is 45.2 Å². The molecule has 0 aromatic heterocycles. The Bertz CT molecular complexity index is 282. The molecule has 0 aliphatic heterocycles. The molecule has 0 spiro atoms. The van der Waals surface area contributed by atoms with E-state index in [2.05, 4.69) is 46.4 Å². The van der Waals surface area contributed by atoms with Gasteiger partial charge < -0.3 is 14.6 Å². The molecule has 0 fully saturated rings. The molecule has 0 bridgehead atoms. The standard InChI is InChI=1S/C20H43NO3/c1-8-12-20(11-4)24-18(7)15-21(13-16(5)22)14-17(6)23-19(9-2)10-3/h16-20,22H,8-15H2,1-7H3. The zero-order chi connectivity index (χ0) is 18.5. The fourth-order valence-corrected chi connectivity index (χ4v) is 3.24. The third-order valence-electron chi connectivity index (χ3n) is 4.38. The Morgan fingerprint density at radius 1 is 0.750 bits per heavy atom. The van der Waals surface area contributed by atoms with Gasteiger partial charge in [0.15, 0.2) is 0 Å². The molecule has 0 aromatic rings. The van der Waals surface area contributed by atoms with E-state index in [0.29, 0.717) is 18.8 Å². The molecular formula is C20H43NO3. The van der Waals surface area contributed by atoms with Gasteiger partial charge in [0.25, 0.3) is 0 Å². The number of hydrogen-bond donors (Lipinski definition) is 1. The predicted molar refractivity (Wildman–Crippen MR) is 103 cm³/mol. The number of aliphatic hydroxyl groups is 1. The van der Waals surface area contributed by atoms with E-state index in [4.69, 9.17) is 9.47 Å². The van der Waals surface area contributed by atoms with Crippen molar-refractivity contribution >= 4 is 0 Å². The van der Waals surface area contributed by atoms with Crippen molar-refractivity contribution in [3.63, 3.8) is 0 Å². The number of aliphatic hydroxyl groups excluding tert-OH is 1. The second kappa shape index (κ2) is 14.1. The van der Waals surface area contributed by atoms with Gasteiger partial charge in [0, 0.05) is 19.6 Å². The number of rotatable bonds is 15. The van der Waals surface area contributed by atoms with Crippen LogP contribution < -0.4 is 0 Å². The van der Waals surface area contributed by atoms with Crippen molar-refractivity contribution in [1.29, 1.82) is 0 Å². The van der Waals surface area contributed by atoms with E-state index < -0.39 is 0 Å². The third kappa shape index (κ3) is 11.4. The molecule has 4 nitrogen and oxygen atoms in total. The summed E-state index contributed by atoms with van der Waals surface area (Å²) in [4.78, 5) is 2.28. The summed E-state index contributed by atoms with van der Waals surface area (Å²) in [6, 6.07) is 0. The number of hydrogen-bond acceptors (Lipinski definition) is 4. The maximum Gasteiger partial charge on any atom is 0.0677 e. The van der Waals surface area contributed by atoms with Crippen LogP contribution in [0.5, 0.6) is 0 Å². The van der Waals surface area contributed by atoms with Crippen LogP contribution in [0, 0.1) is 0 Å². The minimum atomic E-state index is -0.338. The number of nitrogens with zero attached hydrogens (tertiary/aromatic N) is 1. The van der Waals surface area contributed by atoms with Crippen molar-refractivity contribution in [3.8, 4) is 0 Å². The quantitative estimate of drug-likeness (QED) is 0.482. The van der Waals surface area contributed by atoms with Crippen molar-refractivity contribution in [1.82, 2.24) is 4.90 Å². The fraction of sp³-hybridized carbons (Fsp3) is 1.00. The summed E-state index contributed by atoms with van der Waals surface area (Å²) >= 11 is 0. The van der Waals surface area contributed by atoms with Crippen molar-refractivity contribution in [2.75, 3.05) is 19.6 Å². The van der Waals surface area contributed by atoms with Gasteiger partial charge in [-0.25, -0.2) is 0 Å². The Labute approximate surface area is 150 Å². The first-order chi connectivity index (χ1) is 11.4. The van der Waals surface area contributed by atoms with Gasteiger partial charge in [-0.05, 0) is 46.5 Å². The first kappa shape index (κ1) is 23.8. The molecule has 1 N–H and O–H groups in total. The Morgan fingerprint density at radius 3 is 1.58 bits per heavy atom. The Kier molecular flexibility index (Phi) is 14.0. The molecule has 0 heterocycles. The summed E-state index contributed by atoms with van der Waals surface area (Å²) in [6.45, 7) is 17.2. The van der Waals surface area contributed by atoms with Gasteiger partial charge in [-0.2, -0.15) is 0 Å². The molecule has 4 unspecified atom stereocenters. The lowest BCUT2D eigenvalue weighted by Crippen LogP contribution is -2.43. The SMILES string of the molecule is CCCC(CC)OC(C)CN(CC(C)O)CC(C)OC(CC)CC. The van der Waals surface area contributed by atoms with Gasteiger partial charge in [0.05, 0.1) is 30.5 Å². The molecule has 0 radical (unpaired) electrons. The zero-order valence-corrected chi connectivity index (χ0v) is 17.3. The highest BCUT2D eigenvalue weighted by molar-refractivity contribution is 4.71. The Hall–Kier alpha value is -0.160. The van der Waals surface area contributed by atoms with Crippen LogP contribution in [-0.2, 0) is 9.47 Å². The van der Waals surface area contributed by atoms with Gasteiger partial charge in [-0.3, -0.25) is 4.90 Å². The molecule has 24 heavy (non-hydrogen) atoms. The fourth-order valence-electron chi connectivity index (χ4n) is 3.24. The summed E-state index contributed by atoms with van der Waals surface area (Å²) in [7, 11) is 0. The maximum absolute atomic E-state index is 9.81. The van der Waals surface area contributed by atoms with Crippen LogP contribution in [0.1, 0.15) is 80.6 Å². The highest BCUT2D eigenvalue weighted by Gasteiger charge is 2.19. The van der Waals surface area contributed by atoms with Crippen LogP contribution >= 0.6 is 0 Å². The van der Waals surface area contributed by atoms with Crippen LogP contribution in [0.2, 0.25) is 0 Å². The molecule has 0 rings (SSSR count). The van der Waals surface area contributed by atoms with Gasteiger partial charge in [0.1, 0.15) is 0 Å². The van der Waals surface area contributed by atoms with Gasteiger partial charge in [0.2, 0.25) is 0 Å². The molecule has 0 amide bonds. The molecule has 0 saturated heterocycles. The van der Waals surface area contributed by atoms with E-state index in [1.54, 1.807) is 0 Å². The third-order valence-corrected chi connectivity index (χ3v) is 4.38. The monoisotopic (exact) mass is 345 g/mol. The zero-order valence-electron chi connectivity index (χ0n) is 17.3. The van der Waals surface area contributed by atoms with Crippen molar-refractivity contribution in [2.24, 2.45) is 0 Å². The molecule has 0 aliphatic carbocycles. The lowest BCUT2D eigenvalue weighted by Gasteiger charge is -2.32. The minimum Gasteiger partial charge on any atom is -0.392 e. The predicted octanol–water partition coefficient (Wildman–Crippen LogP) is 4.25. The molecule has 146 valence electrons. The number of ether oxygens (including phenoxy) is 2. The first-order valence-electron chi connectivity index (χ1n) is 10.1. The molecule has 0 aromatic carbocycles. The van der Waals surface area contributed by atoms with Crippen LogP contribution in [0.3, 0.4) is 0 Å². The summed E-state index contributed by atoms with van der Waals surface area (Å²) < 4.78 is 12.3. The van der Waals surface area contributed by atoms with E-state index in [1.807, 2.05) is 6.92 Å². The average molecular weight is 346 g/mol. The van der Waals surface area contributed by atoms with Gasteiger partial charge >= 0.3 is 0 Å². The van der Waals surface area contributed by atoms with Crippen molar-refractivity contribution in [2.45, 2.75) is 111 Å². The highest BCUT2D eigenvalue weighted by Crippen LogP contribution is 2.12. The molecule has 0 aliphatic rings. The molecule has 0 saturated carbocycles. The Morgan fingerprint density at radius 2 is 1.21 bits per heavy atom. The summed E-state index contributed by atoms with van der Waals surface area (Å²) in [5, 5.41) is 9.81. The summed E-state index contributed by atoms with van der Waals surface area (Å²) in [5.41, 5.74) is 0. The molecule has 4 heteroatoms. The van der Waals surface area contributed by atoms with E-state index in [-0.39, 0.29) is 18.3 Å². The van der Waals surface area contributed by atoms with Crippen LogP contribution in [0.4, 0.5) is 0 Å². The van der Waals surface area contributed by atoms with E-state index in [1.165, 1.54) is 0 Å². The topological polar surface area (TPSA) is 41.9 Å². The molecule has 4 atom stereocenters. The maximum atomic E-state index is 9.81. The van der Waals surface area contributed by atoms with Crippen LogP contribution in [0.15, 0.2) is 0 Å². The van der Waals surface area contributed by atoms with E-state index >= 15 is 0 Å². The summed E-state index contributed by atoms with van der Waals surface area (Å²) in [5.74, 6) is 0.